The van der Waals surface area contributed by atoms with E-state index < -0.39 is 20.4 Å². The summed E-state index contributed by atoms with van der Waals surface area (Å²) in [6, 6.07) is 6.66. The Kier molecular flexibility index (Phi) is 5.69. The summed E-state index contributed by atoms with van der Waals surface area (Å²) in [6.45, 7) is 3.86. The van der Waals surface area contributed by atoms with E-state index in [1.807, 2.05) is 13.8 Å². The van der Waals surface area contributed by atoms with Gasteiger partial charge in [0.05, 0.1) is 10.6 Å². The first-order valence-corrected chi connectivity index (χ1v) is 11.2. The first kappa shape index (κ1) is 17.5. The minimum absolute atomic E-state index is 0.124. The summed E-state index contributed by atoms with van der Waals surface area (Å²) in [6.07, 6.45) is 3.18. The topological polar surface area (TPSA) is 60.4 Å². The van der Waals surface area contributed by atoms with Gasteiger partial charge in [0.15, 0.2) is 0 Å². The third-order valence-electron chi connectivity index (χ3n) is 3.78. The zero-order valence-corrected chi connectivity index (χ0v) is 14.8. The zero-order valence-electron chi connectivity index (χ0n) is 13.2. The van der Waals surface area contributed by atoms with E-state index in [0.29, 0.717) is 17.9 Å². The lowest BCUT2D eigenvalue weighted by Crippen LogP contribution is -2.21. The second kappa shape index (κ2) is 7.15. The van der Waals surface area contributed by atoms with Crippen LogP contribution < -0.4 is 0 Å². The molecule has 0 bridgehead atoms. The second-order valence-corrected chi connectivity index (χ2v) is 10.8. The van der Waals surface area contributed by atoms with Crippen molar-refractivity contribution in [2.24, 2.45) is 0 Å². The molecular formula is C16H24O4S2. The van der Waals surface area contributed by atoms with Crippen molar-refractivity contribution in [3.05, 3.63) is 29.8 Å². The van der Waals surface area contributed by atoms with Crippen molar-refractivity contribution in [2.45, 2.75) is 44.4 Å². The Morgan fingerprint density at radius 2 is 1.77 bits per heavy atom. The van der Waals surface area contributed by atoms with Crippen LogP contribution in [0.15, 0.2) is 29.2 Å². The number of carbonyl (C=O) groups excluding carboxylic acids is 1. The van der Waals surface area contributed by atoms with Crippen LogP contribution in [0.2, 0.25) is 0 Å². The molecule has 1 aromatic carbocycles. The van der Waals surface area contributed by atoms with Crippen LogP contribution in [0.3, 0.4) is 0 Å². The van der Waals surface area contributed by atoms with Gasteiger partial charge in [-0.15, -0.1) is 10.3 Å². The molecule has 6 heteroatoms. The number of rotatable bonds is 7. The van der Waals surface area contributed by atoms with Gasteiger partial charge in [0.2, 0.25) is 0 Å². The minimum atomic E-state index is -3.79. The molecule has 0 atom stereocenters. The summed E-state index contributed by atoms with van der Waals surface area (Å²) in [7, 11) is -5.63. The van der Waals surface area contributed by atoms with Gasteiger partial charge in [-0.25, -0.2) is 3.63 Å². The molecule has 2 rings (SSSR count). The summed E-state index contributed by atoms with van der Waals surface area (Å²) in [5.41, 5.74) is 1.00. The van der Waals surface area contributed by atoms with Crippen molar-refractivity contribution in [2.75, 3.05) is 17.3 Å². The normalized spacial score (nSPS) is 19.0. The van der Waals surface area contributed by atoms with E-state index in [1.54, 1.807) is 24.3 Å². The quantitative estimate of drug-likeness (QED) is 0.758. The number of hydrogen-bond acceptors (Lipinski definition) is 4. The number of benzene rings is 1. The zero-order chi connectivity index (χ0) is 16.2. The Morgan fingerprint density at radius 3 is 2.32 bits per heavy atom. The Morgan fingerprint density at radius 1 is 1.18 bits per heavy atom. The highest BCUT2D eigenvalue weighted by Gasteiger charge is 2.36. The molecule has 1 saturated heterocycles. The maximum absolute atomic E-state index is 12.5. The van der Waals surface area contributed by atoms with E-state index in [2.05, 4.69) is 0 Å². The molecule has 0 amide bonds. The van der Waals surface area contributed by atoms with E-state index in [1.165, 1.54) is 0 Å². The van der Waals surface area contributed by atoms with E-state index >= 15 is 0 Å². The molecule has 0 spiro atoms. The lowest BCUT2D eigenvalue weighted by Gasteiger charge is -2.33. The number of hydrogen-bond donors (Lipinski definition) is 0. The van der Waals surface area contributed by atoms with Crippen molar-refractivity contribution in [1.29, 1.82) is 0 Å². The van der Waals surface area contributed by atoms with Gasteiger partial charge in [-0.3, -0.25) is 4.79 Å². The molecule has 4 nitrogen and oxygen atoms in total. The number of Topliss-reactive ketones (excluding diaryl/α,β-unsaturated/α-hetero) is 1. The van der Waals surface area contributed by atoms with Crippen molar-refractivity contribution in [1.82, 2.24) is 0 Å². The maximum atomic E-state index is 12.5. The van der Waals surface area contributed by atoms with Crippen LogP contribution in [0.25, 0.3) is 0 Å². The Hall–Kier alpha value is -0.850. The minimum Gasteiger partial charge on any atom is -0.299 e. The van der Waals surface area contributed by atoms with Gasteiger partial charge in [0.25, 0.3) is 0 Å². The summed E-state index contributed by atoms with van der Waals surface area (Å²) in [5.74, 6) is 1.84. The Labute approximate surface area is 134 Å². The van der Waals surface area contributed by atoms with Crippen molar-refractivity contribution in [3.63, 3.8) is 0 Å². The van der Waals surface area contributed by atoms with E-state index in [-0.39, 0.29) is 16.4 Å². The molecule has 1 aliphatic heterocycles. The highest BCUT2D eigenvalue weighted by Crippen LogP contribution is 2.56. The van der Waals surface area contributed by atoms with Crippen LogP contribution in [-0.4, -0.2) is 31.5 Å². The third-order valence-corrected chi connectivity index (χ3v) is 9.41. The SMILES string of the molecule is CCCC(=O)CS1(OS(=O)(=O)c2ccc(C)cc2)CCCC1. The molecule has 0 saturated carbocycles. The van der Waals surface area contributed by atoms with E-state index in [4.69, 9.17) is 3.63 Å². The van der Waals surface area contributed by atoms with Gasteiger partial charge in [-0.1, -0.05) is 24.6 Å². The summed E-state index contributed by atoms with van der Waals surface area (Å²) in [5, 5.41) is 0. The fourth-order valence-electron chi connectivity index (χ4n) is 2.65. The van der Waals surface area contributed by atoms with Gasteiger partial charge in [0, 0.05) is 17.9 Å². The maximum Gasteiger partial charge on any atom is 0.306 e. The predicted octanol–water partition coefficient (Wildman–Crippen LogP) is 3.58. The van der Waals surface area contributed by atoms with Gasteiger partial charge >= 0.3 is 10.1 Å². The summed E-state index contributed by atoms with van der Waals surface area (Å²) in [4.78, 5) is 12.2. The van der Waals surface area contributed by atoms with Crippen LogP contribution >= 0.6 is 10.3 Å². The van der Waals surface area contributed by atoms with Gasteiger partial charge < -0.3 is 0 Å². The molecule has 0 unspecified atom stereocenters. The van der Waals surface area contributed by atoms with Gasteiger partial charge in [0.1, 0.15) is 5.78 Å². The molecule has 0 N–H and O–H groups in total. The van der Waals surface area contributed by atoms with E-state index in [9.17, 15) is 13.2 Å². The monoisotopic (exact) mass is 344 g/mol. The molecule has 1 aliphatic rings. The Balaban J connectivity index is 2.19. The van der Waals surface area contributed by atoms with Gasteiger partial charge in [-0.05, 0) is 38.3 Å². The fraction of sp³-hybridized carbons (Fsp3) is 0.562. The number of carbonyl (C=O) groups is 1. The van der Waals surface area contributed by atoms with Crippen LogP contribution in [0.4, 0.5) is 0 Å². The Bertz CT molecular complexity index is 614. The lowest BCUT2D eigenvalue weighted by atomic mass is 10.2. The smallest absolute Gasteiger partial charge is 0.299 e. The third kappa shape index (κ3) is 4.33. The van der Waals surface area contributed by atoms with Crippen LogP contribution in [-0.2, 0) is 18.5 Å². The standard InChI is InChI=1S/C16H24O4S2/c1-3-6-15(17)13-21(11-4-5-12-21)20-22(18,19)16-9-7-14(2)8-10-16/h7-10H,3-6,11-13H2,1-2H3. The van der Waals surface area contributed by atoms with Gasteiger partial charge in [-0.2, -0.15) is 8.42 Å². The predicted molar refractivity (Wildman–Crippen MR) is 90.8 cm³/mol. The molecule has 0 radical (unpaired) electrons. The van der Waals surface area contributed by atoms with Crippen molar-refractivity contribution in [3.8, 4) is 0 Å². The molecule has 0 aliphatic carbocycles. The lowest BCUT2D eigenvalue weighted by molar-refractivity contribution is -0.116. The van der Waals surface area contributed by atoms with Crippen LogP contribution in [0, 0.1) is 6.92 Å². The van der Waals surface area contributed by atoms with Crippen molar-refractivity contribution >= 4 is 26.2 Å². The fourth-order valence-corrected chi connectivity index (χ4v) is 8.37. The first-order chi connectivity index (χ1) is 10.4. The van der Waals surface area contributed by atoms with Crippen LogP contribution in [0.1, 0.15) is 38.2 Å². The summed E-state index contributed by atoms with van der Waals surface area (Å²) < 4.78 is 30.7. The molecule has 1 heterocycles. The molecule has 1 aromatic rings. The average molecular weight is 344 g/mol. The average Bonchev–Trinajstić information content (AvgIpc) is 2.86. The first-order valence-electron chi connectivity index (χ1n) is 7.68. The molecule has 1 fully saturated rings. The number of ketones is 1. The molecule has 22 heavy (non-hydrogen) atoms. The highest BCUT2D eigenvalue weighted by atomic mass is 32.3. The second-order valence-electron chi connectivity index (χ2n) is 5.85. The molecular weight excluding hydrogens is 320 g/mol. The number of aryl methyl sites for hydroxylation is 1. The highest BCUT2D eigenvalue weighted by molar-refractivity contribution is 8.33. The summed E-state index contributed by atoms with van der Waals surface area (Å²) >= 11 is 0. The molecule has 0 aromatic heterocycles. The van der Waals surface area contributed by atoms with E-state index in [0.717, 1.165) is 24.8 Å². The van der Waals surface area contributed by atoms with Crippen molar-refractivity contribution < 1.29 is 16.8 Å². The molecule has 124 valence electrons. The van der Waals surface area contributed by atoms with Crippen LogP contribution in [0.5, 0.6) is 0 Å². The largest absolute Gasteiger partial charge is 0.306 e.